The van der Waals surface area contributed by atoms with Crippen molar-refractivity contribution in [1.82, 2.24) is 0 Å². The van der Waals surface area contributed by atoms with Crippen molar-refractivity contribution in [3.05, 3.63) is 0 Å². The zero-order valence-corrected chi connectivity index (χ0v) is 11.6. The predicted octanol–water partition coefficient (Wildman–Crippen LogP) is 1.02. The van der Waals surface area contributed by atoms with Crippen LogP contribution in [0, 0.1) is 16.7 Å². The van der Waals surface area contributed by atoms with Crippen LogP contribution in [-0.2, 0) is 4.79 Å². The number of hydrogen-bond acceptors (Lipinski definition) is 3. The highest BCUT2D eigenvalue weighted by Gasteiger charge is 2.66. The maximum Gasteiger partial charge on any atom is 0.211 e. The molecule has 5 nitrogen and oxygen atoms in total. The molecule has 0 aromatic rings. The van der Waals surface area contributed by atoms with Crippen LogP contribution in [0.2, 0.25) is 0 Å². The second-order valence-electron chi connectivity index (χ2n) is 5.31. The molecule has 4 N–H and O–H groups in total. The molecule has 0 aliphatic heterocycles. The van der Waals surface area contributed by atoms with Crippen molar-refractivity contribution < 1.29 is 4.79 Å². The first-order valence-corrected chi connectivity index (χ1v) is 6.76. The van der Waals surface area contributed by atoms with Crippen LogP contribution in [0.3, 0.4) is 0 Å². The molecule has 0 aromatic heterocycles. The van der Waals surface area contributed by atoms with E-state index in [1.54, 1.807) is 0 Å². The molecular formula is C11H17BrN4O. The van der Waals surface area contributed by atoms with E-state index >= 15 is 0 Å². The van der Waals surface area contributed by atoms with E-state index in [4.69, 9.17) is 11.5 Å². The molecule has 2 bridgehead atoms. The topological polar surface area (TPSA) is 93.8 Å². The molecule has 0 aromatic carbocycles. The number of nitrogens with zero attached hydrogens (tertiary/aromatic N) is 2. The Labute approximate surface area is 109 Å². The molecule has 0 saturated heterocycles. The second kappa shape index (κ2) is 3.80. The van der Waals surface area contributed by atoms with Gasteiger partial charge in [-0.2, -0.15) is 0 Å². The summed E-state index contributed by atoms with van der Waals surface area (Å²) in [5.74, 6) is 0.141. The molecule has 2 aliphatic rings. The molecule has 3 atom stereocenters. The van der Waals surface area contributed by atoms with Crippen LogP contribution in [0.1, 0.15) is 26.7 Å². The molecule has 2 rings (SSSR count). The van der Waals surface area contributed by atoms with Crippen LogP contribution in [-0.4, -0.2) is 22.8 Å². The number of guanidine groups is 1. The van der Waals surface area contributed by atoms with Gasteiger partial charge in [-0.25, -0.2) is 0 Å². The average molecular weight is 301 g/mol. The Morgan fingerprint density at radius 3 is 2.65 bits per heavy atom. The molecular weight excluding hydrogens is 284 g/mol. The predicted molar refractivity (Wildman–Crippen MR) is 71.0 cm³/mol. The van der Waals surface area contributed by atoms with Crippen LogP contribution in [0.25, 0.3) is 0 Å². The van der Waals surface area contributed by atoms with Gasteiger partial charge < -0.3 is 11.5 Å². The lowest BCUT2D eigenvalue weighted by Gasteiger charge is -2.33. The summed E-state index contributed by atoms with van der Waals surface area (Å²) >= 11 is 3.53. The fourth-order valence-electron chi connectivity index (χ4n) is 3.14. The lowest BCUT2D eigenvalue weighted by atomic mass is 9.70. The average Bonchev–Trinajstić information content (AvgIpc) is 2.62. The van der Waals surface area contributed by atoms with Crippen molar-refractivity contribution in [3.63, 3.8) is 0 Å². The quantitative estimate of drug-likeness (QED) is 0.345. The number of halogens is 1. The van der Waals surface area contributed by atoms with E-state index in [9.17, 15) is 4.79 Å². The molecule has 0 radical (unpaired) electrons. The van der Waals surface area contributed by atoms with Crippen molar-refractivity contribution >= 4 is 33.4 Å². The Hall–Kier alpha value is -0.910. The van der Waals surface area contributed by atoms with E-state index in [-0.39, 0.29) is 28.5 Å². The van der Waals surface area contributed by atoms with Crippen molar-refractivity contribution in [3.8, 4) is 0 Å². The van der Waals surface area contributed by atoms with Crippen LogP contribution in [0.5, 0.6) is 0 Å². The van der Waals surface area contributed by atoms with Gasteiger partial charge >= 0.3 is 0 Å². The summed E-state index contributed by atoms with van der Waals surface area (Å²) in [5.41, 5.74) is 10.6. The normalized spacial score (nSPS) is 42.2. The summed E-state index contributed by atoms with van der Waals surface area (Å²) in [4.78, 5) is 12.4. The third-order valence-corrected chi connectivity index (χ3v) is 5.74. The lowest BCUT2D eigenvalue weighted by molar-refractivity contribution is -0.123. The number of nitrogens with two attached hydrogens (primary N) is 2. The minimum atomic E-state index is -0.334. The summed E-state index contributed by atoms with van der Waals surface area (Å²) in [7, 11) is 0. The van der Waals surface area contributed by atoms with Gasteiger partial charge in [0.05, 0.1) is 0 Å². The summed E-state index contributed by atoms with van der Waals surface area (Å²) in [5, 5.41) is 8.38. The molecule has 3 unspecified atom stereocenters. The Morgan fingerprint density at radius 1 is 1.53 bits per heavy atom. The molecule has 0 spiro atoms. The number of alkyl halides is 1. The molecule has 0 heterocycles. The first kappa shape index (κ1) is 12.5. The van der Waals surface area contributed by atoms with Gasteiger partial charge in [-0.05, 0) is 18.3 Å². The van der Waals surface area contributed by atoms with Gasteiger partial charge in [0.1, 0.15) is 5.71 Å². The Bertz CT molecular complexity index is 429. The number of rotatable bonds is 2. The minimum absolute atomic E-state index is 0.0816. The highest BCUT2D eigenvalue weighted by Crippen LogP contribution is 2.63. The van der Waals surface area contributed by atoms with Crippen LogP contribution < -0.4 is 11.5 Å². The van der Waals surface area contributed by atoms with Gasteiger partial charge in [0.25, 0.3) is 0 Å². The summed E-state index contributed by atoms with van der Waals surface area (Å²) in [6.45, 7) is 4.16. The standard InChI is InChI=1S/C11H17BrN4O/c1-10-4-3-6(11(10,2)5-12)7(8(10)17)15-16-9(13)14/h6H,3-5H2,1-2H3,(H4,13,14,16). The van der Waals surface area contributed by atoms with E-state index < -0.39 is 0 Å². The van der Waals surface area contributed by atoms with Gasteiger partial charge in [0, 0.05) is 16.7 Å². The summed E-state index contributed by atoms with van der Waals surface area (Å²) < 4.78 is 0. The maximum absolute atomic E-state index is 12.4. The SMILES string of the molecule is CC12CCC(C(=NN=C(N)N)C1=O)C2(C)CBr. The third kappa shape index (κ3) is 1.46. The number of carbonyl (C=O) groups is 1. The molecule has 94 valence electrons. The van der Waals surface area contributed by atoms with Crippen molar-refractivity contribution in [1.29, 1.82) is 0 Å². The van der Waals surface area contributed by atoms with Crippen molar-refractivity contribution in [2.24, 2.45) is 38.4 Å². The first-order chi connectivity index (χ1) is 7.87. The van der Waals surface area contributed by atoms with Crippen LogP contribution in [0.15, 0.2) is 10.2 Å². The largest absolute Gasteiger partial charge is 0.369 e. The number of hydrogen-bond donors (Lipinski definition) is 2. The summed E-state index contributed by atoms with van der Waals surface area (Å²) in [6.07, 6.45) is 1.89. The monoisotopic (exact) mass is 300 g/mol. The van der Waals surface area contributed by atoms with E-state index in [1.807, 2.05) is 6.92 Å². The van der Waals surface area contributed by atoms with Crippen LogP contribution in [0.4, 0.5) is 0 Å². The fraction of sp³-hybridized carbons (Fsp3) is 0.727. The molecule has 2 saturated carbocycles. The third-order valence-electron chi connectivity index (χ3n) is 4.58. The molecule has 2 fully saturated rings. The fourth-order valence-corrected chi connectivity index (χ4v) is 4.15. The lowest BCUT2D eigenvalue weighted by Crippen LogP contribution is -2.36. The van der Waals surface area contributed by atoms with Crippen molar-refractivity contribution in [2.45, 2.75) is 26.7 Å². The minimum Gasteiger partial charge on any atom is -0.369 e. The van der Waals surface area contributed by atoms with Gasteiger partial charge in [-0.3, -0.25) is 4.79 Å². The highest BCUT2D eigenvalue weighted by molar-refractivity contribution is 9.09. The summed E-state index contributed by atoms with van der Waals surface area (Å²) in [6, 6.07) is 0. The van der Waals surface area contributed by atoms with Crippen LogP contribution >= 0.6 is 15.9 Å². The molecule has 2 aliphatic carbocycles. The number of fused-ring (bicyclic) bond motifs is 2. The number of Topliss-reactive ketones (excluding diaryl/α,β-unsaturated/α-hetero) is 1. The second-order valence-corrected chi connectivity index (χ2v) is 5.87. The van der Waals surface area contributed by atoms with E-state index in [0.29, 0.717) is 5.71 Å². The molecule has 0 amide bonds. The maximum atomic E-state index is 12.4. The number of carbonyl (C=O) groups excluding carboxylic acids is 1. The molecule has 17 heavy (non-hydrogen) atoms. The Balaban J connectivity index is 2.46. The van der Waals surface area contributed by atoms with Gasteiger partial charge in [-0.1, -0.05) is 29.8 Å². The van der Waals surface area contributed by atoms with Crippen molar-refractivity contribution in [2.75, 3.05) is 5.33 Å². The van der Waals surface area contributed by atoms with Gasteiger partial charge in [0.15, 0.2) is 5.78 Å². The zero-order valence-electron chi connectivity index (χ0n) is 10.0. The number of ketones is 1. The Morgan fingerprint density at radius 2 is 2.18 bits per heavy atom. The highest BCUT2D eigenvalue weighted by atomic mass is 79.9. The first-order valence-electron chi connectivity index (χ1n) is 5.64. The van der Waals surface area contributed by atoms with Gasteiger partial charge in [-0.15, -0.1) is 10.2 Å². The zero-order chi connectivity index (χ0) is 12.8. The molecule has 6 heteroatoms. The van der Waals surface area contributed by atoms with E-state index in [0.717, 1.165) is 18.2 Å². The van der Waals surface area contributed by atoms with E-state index in [1.165, 1.54) is 0 Å². The van der Waals surface area contributed by atoms with E-state index in [2.05, 4.69) is 33.1 Å². The Kier molecular flexibility index (Phi) is 2.80. The smallest absolute Gasteiger partial charge is 0.211 e. The van der Waals surface area contributed by atoms with Gasteiger partial charge in [0.2, 0.25) is 5.96 Å².